The van der Waals surface area contributed by atoms with E-state index in [0.29, 0.717) is 22.5 Å². The van der Waals surface area contributed by atoms with Gasteiger partial charge in [-0.1, -0.05) is 23.5 Å². The number of nitrogens with zero attached hydrogens (tertiary/aromatic N) is 4. The lowest BCUT2D eigenvalue weighted by atomic mass is 10.0. The maximum absolute atomic E-state index is 12.6. The zero-order chi connectivity index (χ0) is 27.1. The molecule has 1 saturated carbocycles. The van der Waals surface area contributed by atoms with E-state index >= 15 is 0 Å². The number of anilines is 1. The van der Waals surface area contributed by atoms with Gasteiger partial charge in [0.1, 0.15) is 5.01 Å². The van der Waals surface area contributed by atoms with Crippen LogP contribution in [0.4, 0.5) is 5.13 Å². The summed E-state index contributed by atoms with van der Waals surface area (Å²) < 4.78 is 0. The molecule has 1 aliphatic carbocycles. The summed E-state index contributed by atoms with van der Waals surface area (Å²) in [6.07, 6.45) is 9.94. The predicted molar refractivity (Wildman–Crippen MR) is 150 cm³/mol. The number of carbonyl (C=O) groups excluding carboxylic acids is 2. The maximum atomic E-state index is 12.6. The second kappa shape index (κ2) is 12.8. The van der Waals surface area contributed by atoms with E-state index in [1.165, 1.54) is 11.3 Å². The Hall–Kier alpha value is -3.51. The molecule has 0 aliphatic heterocycles. The van der Waals surface area contributed by atoms with E-state index in [1.54, 1.807) is 43.8 Å². The van der Waals surface area contributed by atoms with Gasteiger partial charge in [-0.3, -0.25) is 30.4 Å². The summed E-state index contributed by atoms with van der Waals surface area (Å²) in [4.78, 5) is 33.2. The molecule has 3 heterocycles. The van der Waals surface area contributed by atoms with Crippen molar-refractivity contribution in [1.29, 1.82) is 10.8 Å². The van der Waals surface area contributed by atoms with Gasteiger partial charge in [-0.25, -0.2) is 0 Å². The molecule has 0 bridgehead atoms. The average molecular weight is 551 g/mol. The van der Waals surface area contributed by atoms with E-state index in [4.69, 9.17) is 10.8 Å². The fraction of sp³-hybridized carbons (Fsp3) is 0.385. The van der Waals surface area contributed by atoms with Gasteiger partial charge < -0.3 is 10.6 Å². The van der Waals surface area contributed by atoms with Crippen molar-refractivity contribution in [2.24, 2.45) is 5.92 Å². The third kappa shape index (κ3) is 7.29. The molecule has 38 heavy (non-hydrogen) atoms. The molecule has 10 nitrogen and oxygen atoms in total. The monoisotopic (exact) mass is 550 g/mol. The summed E-state index contributed by atoms with van der Waals surface area (Å²) in [6.45, 7) is 3.59. The van der Waals surface area contributed by atoms with Crippen molar-refractivity contribution in [3.05, 3.63) is 65.2 Å². The molecular weight excluding hydrogens is 520 g/mol. The minimum absolute atomic E-state index is 0.0460. The van der Waals surface area contributed by atoms with Crippen molar-refractivity contribution < 1.29 is 9.59 Å². The van der Waals surface area contributed by atoms with E-state index in [9.17, 15) is 9.59 Å². The van der Waals surface area contributed by atoms with Crippen molar-refractivity contribution in [2.45, 2.75) is 57.3 Å². The molecule has 0 saturated heterocycles. The quantitative estimate of drug-likeness (QED) is 0.229. The molecule has 0 spiro atoms. The van der Waals surface area contributed by atoms with E-state index in [0.717, 1.165) is 47.2 Å². The number of carbonyl (C=O) groups is 2. The first kappa shape index (κ1) is 27.5. The number of thioether (sulfide) groups is 1. The number of amides is 2. The van der Waals surface area contributed by atoms with Crippen LogP contribution in [0.2, 0.25) is 0 Å². The molecule has 2 amide bonds. The Morgan fingerprint density at radius 1 is 1.03 bits per heavy atom. The first-order chi connectivity index (χ1) is 18.3. The maximum Gasteiger partial charge on any atom is 0.233 e. The molecule has 12 heteroatoms. The number of hydrogen-bond donors (Lipinski definition) is 4. The number of aromatic nitrogens is 4. The SMILES string of the molecule is C[C@H](C(=O)Nc1nnc([C@@H]2CC[C@H](CC(=N)SC(=N)NC(=O)[C@H](C)c3cccnc3)C2)s1)c1cccnc1. The highest BCUT2D eigenvalue weighted by molar-refractivity contribution is 8.26. The first-order valence-corrected chi connectivity index (χ1v) is 14.0. The molecule has 4 rings (SSSR count). The minimum Gasteiger partial charge on any atom is -0.305 e. The molecule has 0 unspecified atom stereocenters. The van der Waals surface area contributed by atoms with Crippen LogP contribution in [0.3, 0.4) is 0 Å². The Labute approximate surface area is 229 Å². The van der Waals surface area contributed by atoms with Gasteiger partial charge in [-0.05, 0) is 80.5 Å². The summed E-state index contributed by atoms with van der Waals surface area (Å²) in [6, 6.07) is 7.27. The van der Waals surface area contributed by atoms with Crippen molar-refractivity contribution in [3.8, 4) is 0 Å². The summed E-state index contributed by atoms with van der Waals surface area (Å²) >= 11 is 2.37. The van der Waals surface area contributed by atoms with Crippen molar-refractivity contribution in [2.75, 3.05) is 5.32 Å². The average Bonchev–Trinajstić information content (AvgIpc) is 3.58. The van der Waals surface area contributed by atoms with Crippen LogP contribution >= 0.6 is 23.1 Å². The highest BCUT2D eigenvalue weighted by Gasteiger charge is 2.30. The van der Waals surface area contributed by atoms with Gasteiger partial charge in [0.25, 0.3) is 0 Å². The van der Waals surface area contributed by atoms with Gasteiger partial charge in [0.15, 0.2) is 5.17 Å². The highest BCUT2D eigenvalue weighted by Crippen LogP contribution is 2.42. The van der Waals surface area contributed by atoms with Crippen LogP contribution in [0, 0.1) is 16.7 Å². The third-order valence-electron chi connectivity index (χ3n) is 6.65. The van der Waals surface area contributed by atoms with Gasteiger partial charge >= 0.3 is 0 Å². The standard InChI is InChI=1S/C26H30N8O2S2/c1-15(19-5-3-9-29-13-19)22(35)31-25(28)37-21(27)12-17-7-8-18(11-17)24-33-34-26(38-24)32-23(36)16(2)20-6-4-10-30-14-20/h3-6,9-10,13-18,27H,7-8,11-12H2,1-2H3,(H2,28,31,35)(H,32,34,36)/t15-,16+,17+,18-/m1/s1. The largest absolute Gasteiger partial charge is 0.305 e. The van der Waals surface area contributed by atoms with Crippen LogP contribution in [0.5, 0.6) is 0 Å². The van der Waals surface area contributed by atoms with E-state index in [2.05, 4.69) is 30.8 Å². The van der Waals surface area contributed by atoms with Crippen LogP contribution in [0.25, 0.3) is 0 Å². The highest BCUT2D eigenvalue weighted by atomic mass is 32.2. The Bertz CT molecular complexity index is 1280. The van der Waals surface area contributed by atoms with Gasteiger partial charge in [0, 0.05) is 30.7 Å². The van der Waals surface area contributed by atoms with Crippen LogP contribution in [0.15, 0.2) is 49.1 Å². The number of nitrogens with one attached hydrogen (secondary N) is 4. The molecule has 4 atom stereocenters. The van der Waals surface area contributed by atoms with Crippen LogP contribution < -0.4 is 10.6 Å². The van der Waals surface area contributed by atoms with E-state index in [-0.39, 0.29) is 28.8 Å². The lowest BCUT2D eigenvalue weighted by molar-refractivity contribution is -0.120. The van der Waals surface area contributed by atoms with Gasteiger partial charge in [0.05, 0.1) is 16.9 Å². The fourth-order valence-electron chi connectivity index (χ4n) is 4.39. The van der Waals surface area contributed by atoms with E-state index < -0.39 is 5.92 Å². The second-order valence-electron chi connectivity index (χ2n) is 9.37. The molecule has 1 fully saturated rings. The number of rotatable bonds is 8. The van der Waals surface area contributed by atoms with Crippen molar-refractivity contribution in [3.63, 3.8) is 0 Å². The van der Waals surface area contributed by atoms with Crippen molar-refractivity contribution >= 4 is 50.3 Å². The number of pyridine rings is 2. The number of amidine groups is 1. The van der Waals surface area contributed by atoms with Crippen LogP contribution in [-0.2, 0) is 9.59 Å². The Morgan fingerprint density at radius 2 is 1.68 bits per heavy atom. The molecular formula is C26H30N8O2S2. The Kier molecular flexibility index (Phi) is 9.29. The summed E-state index contributed by atoms with van der Waals surface area (Å²) in [5.74, 6) is -0.702. The number of hydrogen-bond acceptors (Lipinski definition) is 10. The van der Waals surface area contributed by atoms with Gasteiger partial charge in [0.2, 0.25) is 16.9 Å². The third-order valence-corrected chi connectivity index (χ3v) is 8.37. The molecule has 3 aromatic heterocycles. The zero-order valence-electron chi connectivity index (χ0n) is 21.2. The normalized spacial score (nSPS) is 18.4. The van der Waals surface area contributed by atoms with Crippen LogP contribution in [-0.4, -0.2) is 42.2 Å². The molecule has 0 aromatic carbocycles. The molecule has 1 aliphatic rings. The molecule has 3 aromatic rings. The fourth-order valence-corrected chi connectivity index (χ4v) is 6.00. The molecule has 198 valence electrons. The lowest BCUT2D eigenvalue weighted by Gasteiger charge is -2.14. The summed E-state index contributed by atoms with van der Waals surface area (Å²) in [5, 5.41) is 32.1. The smallest absolute Gasteiger partial charge is 0.233 e. The summed E-state index contributed by atoms with van der Waals surface area (Å²) in [7, 11) is 0. The predicted octanol–water partition coefficient (Wildman–Crippen LogP) is 4.91. The Morgan fingerprint density at radius 3 is 2.32 bits per heavy atom. The molecule has 0 radical (unpaired) electrons. The zero-order valence-corrected chi connectivity index (χ0v) is 22.8. The minimum atomic E-state index is -0.436. The summed E-state index contributed by atoms with van der Waals surface area (Å²) in [5.41, 5.74) is 1.61. The van der Waals surface area contributed by atoms with E-state index in [1.807, 2.05) is 19.1 Å². The first-order valence-electron chi connectivity index (χ1n) is 12.4. The van der Waals surface area contributed by atoms with Gasteiger partial charge in [-0.15, -0.1) is 10.2 Å². The lowest BCUT2D eigenvalue weighted by Crippen LogP contribution is -2.32. The van der Waals surface area contributed by atoms with Crippen molar-refractivity contribution in [1.82, 2.24) is 25.5 Å². The molecule has 4 N–H and O–H groups in total. The van der Waals surface area contributed by atoms with Gasteiger partial charge in [-0.2, -0.15) is 0 Å². The van der Waals surface area contributed by atoms with Crippen LogP contribution in [0.1, 0.15) is 73.4 Å². The Balaban J connectivity index is 1.21. The topological polar surface area (TPSA) is 157 Å². The second-order valence-corrected chi connectivity index (χ2v) is 11.5.